The van der Waals surface area contributed by atoms with Gasteiger partial charge in [0, 0.05) is 0 Å². The summed E-state index contributed by atoms with van der Waals surface area (Å²) >= 11 is -0.115. The molecule has 0 radical (unpaired) electrons. The van der Waals surface area contributed by atoms with Gasteiger partial charge < -0.3 is 0 Å². The van der Waals surface area contributed by atoms with Crippen LogP contribution in [0.4, 0.5) is 0 Å². The number of benzene rings is 2. The van der Waals surface area contributed by atoms with E-state index in [-0.39, 0.29) is 21.2 Å². The molecule has 0 saturated carbocycles. The third-order valence-electron chi connectivity index (χ3n) is 3.61. The van der Waals surface area contributed by atoms with Crippen molar-refractivity contribution in [3.63, 3.8) is 0 Å². The van der Waals surface area contributed by atoms with Crippen LogP contribution in [0.3, 0.4) is 0 Å². The zero-order chi connectivity index (χ0) is 15.9. The second-order valence-corrected chi connectivity index (χ2v) is 8.68. The van der Waals surface area contributed by atoms with Crippen LogP contribution in [-0.4, -0.2) is 6.61 Å². The summed E-state index contributed by atoms with van der Waals surface area (Å²) in [5.41, 5.74) is 4.23. The Morgan fingerprint density at radius 2 is 1.55 bits per heavy atom. The molecule has 0 amide bonds. The first-order valence-corrected chi connectivity index (χ1v) is 10.2. The number of rotatable bonds is 7. The van der Waals surface area contributed by atoms with Crippen LogP contribution in [0.2, 0.25) is 0 Å². The maximum atomic E-state index is 5.79. The maximum absolute atomic E-state index is 5.79. The molecule has 2 aromatic rings. The first-order valence-electron chi connectivity index (χ1n) is 8.05. The summed E-state index contributed by atoms with van der Waals surface area (Å²) in [6.07, 6.45) is 3.63. The van der Waals surface area contributed by atoms with Crippen molar-refractivity contribution in [2.75, 3.05) is 6.61 Å². The van der Waals surface area contributed by atoms with Crippen molar-refractivity contribution in [3.05, 3.63) is 60.2 Å². The molecule has 1 nitrogen and oxygen atoms in total. The molecule has 0 aromatic heterocycles. The molecule has 0 aliphatic carbocycles. The quantitative estimate of drug-likeness (QED) is 0.504. The van der Waals surface area contributed by atoms with E-state index in [0.29, 0.717) is 0 Å². The van der Waals surface area contributed by atoms with Crippen LogP contribution in [0.5, 0.6) is 5.75 Å². The Bertz CT molecular complexity index is 579. The molecule has 2 heteroatoms. The molecule has 2 aromatic carbocycles. The summed E-state index contributed by atoms with van der Waals surface area (Å²) in [6.45, 7) is 9.69. The number of hydrogen-bond donors (Lipinski definition) is 0. The van der Waals surface area contributed by atoms with Crippen LogP contribution in [0.25, 0.3) is 0 Å². The van der Waals surface area contributed by atoms with Crippen molar-refractivity contribution in [1.29, 1.82) is 0 Å². The van der Waals surface area contributed by atoms with Crippen LogP contribution in [0, 0.1) is 27.9 Å². The average molecular weight is 409 g/mol. The first kappa shape index (κ1) is 17.3. The topological polar surface area (TPSA) is 9.23 Å². The van der Waals surface area contributed by atoms with E-state index in [1.165, 1.54) is 33.1 Å². The minimum absolute atomic E-state index is 0.115. The predicted octanol–water partition coefficient (Wildman–Crippen LogP) is 2.31. The summed E-state index contributed by atoms with van der Waals surface area (Å²) < 4.78 is 8.80. The molecule has 0 saturated heterocycles. The third-order valence-corrected chi connectivity index (χ3v) is 7.20. The Morgan fingerprint density at radius 3 is 2.14 bits per heavy atom. The van der Waals surface area contributed by atoms with Gasteiger partial charge in [0.25, 0.3) is 0 Å². The molecule has 2 rings (SSSR count). The van der Waals surface area contributed by atoms with Crippen molar-refractivity contribution in [2.24, 2.45) is 0 Å². The standard InChI is InChI=1S/C20H26IO/c1-5-6-7-12-22-19-10-8-18(9-11-19)21-20-16(3)13-15(2)14-17(20)4/h8-11,13-14H,5-7,12H2,1-4H3/q-1. The van der Waals surface area contributed by atoms with Gasteiger partial charge >= 0.3 is 145 Å². The van der Waals surface area contributed by atoms with Gasteiger partial charge in [-0.2, -0.15) is 0 Å². The molecule has 0 N–H and O–H groups in total. The van der Waals surface area contributed by atoms with Crippen LogP contribution < -0.4 is 25.9 Å². The van der Waals surface area contributed by atoms with E-state index in [2.05, 4.69) is 64.1 Å². The summed E-state index contributed by atoms with van der Waals surface area (Å²) in [6, 6.07) is 13.3. The SMILES string of the molecule is CCCCCOc1ccc([I-]c2c(C)cc(C)cc2C)cc1. The molecule has 0 heterocycles. The van der Waals surface area contributed by atoms with Gasteiger partial charge in [0.1, 0.15) is 0 Å². The molecule has 22 heavy (non-hydrogen) atoms. The molecule has 0 fully saturated rings. The molecule has 0 atom stereocenters. The van der Waals surface area contributed by atoms with E-state index in [1.807, 2.05) is 0 Å². The van der Waals surface area contributed by atoms with E-state index < -0.39 is 0 Å². The van der Waals surface area contributed by atoms with Gasteiger partial charge in [-0.05, 0) is 0 Å². The van der Waals surface area contributed by atoms with Crippen LogP contribution in [0.1, 0.15) is 42.9 Å². The molecule has 0 spiro atoms. The van der Waals surface area contributed by atoms with E-state index in [1.54, 1.807) is 3.57 Å². The summed E-state index contributed by atoms with van der Waals surface area (Å²) in [7, 11) is 0. The van der Waals surface area contributed by atoms with Crippen molar-refractivity contribution in [1.82, 2.24) is 0 Å². The predicted molar refractivity (Wildman–Crippen MR) is 89.5 cm³/mol. The Balaban J connectivity index is 1.99. The summed E-state index contributed by atoms with van der Waals surface area (Å²) in [5, 5.41) is 0. The first-order chi connectivity index (χ1) is 10.6. The molecule has 0 aliphatic heterocycles. The fourth-order valence-corrected chi connectivity index (χ4v) is 5.06. The van der Waals surface area contributed by atoms with Gasteiger partial charge in [0.15, 0.2) is 0 Å². The monoisotopic (exact) mass is 409 g/mol. The molecule has 120 valence electrons. The molecular formula is C20H26IO-. The Kier molecular flexibility index (Phi) is 6.74. The summed E-state index contributed by atoms with van der Waals surface area (Å²) in [5.74, 6) is 1.00. The fraction of sp³-hybridized carbons (Fsp3) is 0.400. The van der Waals surface area contributed by atoms with Gasteiger partial charge in [0.2, 0.25) is 0 Å². The van der Waals surface area contributed by atoms with Crippen molar-refractivity contribution < 1.29 is 25.9 Å². The second kappa shape index (κ2) is 8.56. The van der Waals surface area contributed by atoms with Gasteiger partial charge in [0.05, 0.1) is 0 Å². The normalized spacial score (nSPS) is 10.9. The molecule has 0 unspecified atom stereocenters. The third kappa shape index (κ3) is 5.01. The van der Waals surface area contributed by atoms with Crippen LogP contribution >= 0.6 is 0 Å². The van der Waals surface area contributed by atoms with E-state index in [0.717, 1.165) is 18.8 Å². The van der Waals surface area contributed by atoms with Crippen molar-refractivity contribution >= 4 is 0 Å². The Labute approximate surface area is 145 Å². The van der Waals surface area contributed by atoms with Gasteiger partial charge in [-0.3, -0.25) is 0 Å². The number of ether oxygens (including phenoxy) is 1. The van der Waals surface area contributed by atoms with Crippen LogP contribution in [0.15, 0.2) is 36.4 Å². The second-order valence-electron chi connectivity index (χ2n) is 5.82. The number of halogens is 1. The molecular weight excluding hydrogens is 383 g/mol. The van der Waals surface area contributed by atoms with E-state index in [4.69, 9.17) is 4.74 Å². The minimum atomic E-state index is -0.115. The zero-order valence-electron chi connectivity index (χ0n) is 14.1. The van der Waals surface area contributed by atoms with Gasteiger partial charge in [-0.25, -0.2) is 0 Å². The van der Waals surface area contributed by atoms with E-state index >= 15 is 0 Å². The Morgan fingerprint density at radius 1 is 0.909 bits per heavy atom. The number of unbranched alkanes of at least 4 members (excludes halogenated alkanes) is 2. The van der Waals surface area contributed by atoms with E-state index in [9.17, 15) is 0 Å². The Hall–Kier alpha value is -1.03. The fourth-order valence-electron chi connectivity index (χ4n) is 2.56. The van der Waals surface area contributed by atoms with Crippen molar-refractivity contribution in [3.8, 4) is 5.75 Å². The van der Waals surface area contributed by atoms with Gasteiger partial charge in [-0.15, -0.1) is 0 Å². The van der Waals surface area contributed by atoms with Crippen molar-refractivity contribution in [2.45, 2.75) is 47.0 Å². The zero-order valence-corrected chi connectivity index (χ0v) is 16.2. The van der Waals surface area contributed by atoms with Crippen LogP contribution in [-0.2, 0) is 0 Å². The number of hydrogen-bond acceptors (Lipinski definition) is 1. The summed E-state index contributed by atoms with van der Waals surface area (Å²) in [4.78, 5) is 0. The average Bonchev–Trinajstić information content (AvgIpc) is 2.49. The molecule has 0 bridgehead atoms. The number of aryl methyl sites for hydroxylation is 3. The molecule has 0 aliphatic rings. The van der Waals surface area contributed by atoms with Gasteiger partial charge in [-0.1, -0.05) is 0 Å².